The molecule has 8 heteroatoms. The van der Waals surface area contributed by atoms with Crippen LogP contribution in [0.3, 0.4) is 0 Å². The van der Waals surface area contributed by atoms with Crippen molar-refractivity contribution >= 4 is 0 Å². The highest BCUT2D eigenvalue weighted by atomic mass is 16.5. The molecule has 8 nitrogen and oxygen atoms in total. The molecule has 0 saturated carbocycles. The molecule has 1 unspecified atom stereocenters. The fraction of sp³-hybridized carbons (Fsp3) is 0.351. The molecule has 0 fully saturated rings. The molecule has 0 bridgehead atoms. The third-order valence-electron chi connectivity index (χ3n) is 9.36. The Kier molecular flexibility index (Phi) is 8.79. The minimum Gasteiger partial charge on any atom is -0.508 e. The summed E-state index contributed by atoms with van der Waals surface area (Å²) in [5.41, 5.74) is 7.07. The lowest BCUT2D eigenvalue weighted by Crippen LogP contribution is -2.33. The van der Waals surface area contributed by atoms with Crippen molar-refractivity contribution in [1.29, 1.82) is 0 Å². The molecule has 2 N–H and O–H groups in total. The van der Waals surface area contributed by atoms with E-state index in [1.165, 1.54) is 22.3 Å². The molecule has 2 atom stereocenters. The summed E-state index contributed by atoms with van der Waals surface area (Å²) >= 11 is 0. The number of aromatic hydroxyl groups is 2. The van der Waals surface area contributed by atoms with E-state index in [-0.39, 0.29) is 23.6 Å². The number of phenols is 2. The van der Waals surface area contributed by atoms with Crippen molar-refractivity contribution in [1.82, 2.24) is 9.80 Å². The molecule has 2 aliphatic rings. The Hall–Kier alpha value is -4.40. The molecule has 45 heavy (non-hydrogen) atoms. The van der Waals surface area contributed by atoms with Crippen LogP contribution in [0.1, 0.15) is 45.5 Å². The van der Waals surface area contributed by atoms with Gasteiger partial charge in [0.2, 0.25) is 0 Å². The van der Waals surface area contributed by atoms with E-state index in [9.17, 15) is 10.2 Å². The largest absolute Gasteiger partial charge is 0.508 e. The molecular formula is C37H42N2O6. The van der Waals surface area contributed by atoms with Crippen molar-refractivity contribution in [3.8, 4) is 40.2 Å². The number of hydrogen-bond acceptors (Lipinski definition) is 8. The summed E-state index contributed by atoms with van der Waals surface area (Å²) in [7, 11) is 9.26. The molecule has 0 aliphatic carbocycles. The molecule has 4 aromatic rings. The average Bonchev–Trinajstić information content (AvgIpc) is 3.05. The smallest absolute Gasteiger partial charge is 0.169 e. The average molecular weight is 611 g/mol. The van der Waals surface area contributed by atoms with E-state index >= 15 is 0 Å². The molecule has 236 valence electrons. The molecule has 0 spiro atoms. The van der Waals surface area contributed by atoms with Crippen LogP contribution >= 0.6 is 0 Å². The highest BCUT2D eigenvalue weighted by Crippen LogP contribution is 2.44. The highest BCUT2D eigenvalue weighted by Gasteiger charge is 2.29. The van der Waals surface area contributed by atoms with E-state index < -0.39 is 0 Å². The molecule has 2 heterocycles. The van der Waals surface area contributed by atoms with Crippen LogP contribution in [0.15, 0.2) is 66.7 Å². The summed E-state index contributed by atoms with van der Waals surface area (Å²) in [4.78, 5) is 4.71. The number of fused-ring (bicyclic) bond motifs is 2. The lowest BCUT2D eigenvalue weighted by atomic mass is 9.88. The Labute approximate surface area is 265 Å². The summed E-state index contributed by atoms with van der Waals surface area (Å²) < 4.78 is 23.4. The summed E-state index contributed by atoms with van der Waals surface area (Å²) in [6.45, 7) is 1.86. The van der Waals surface area contributed by atoms with Gasteiger partial charge in [-0.2, -0.15) is 0 Å². The molecule has 0 aromatic heterocycles. The second-order valence-electron chi connectivity index (χ2n) is 12.1. The van der Waals surface area contributed by atoms with Crippen molar-refractivity contribution in [2.24, 2.45) is 0 Å². The molecule has 4 aromatic carbocycles. The minimum absolute atomic E-state index is 0.0695. The van der Waals surface area contributed by atoms with E-state index in [4.69, 9.17) is 18.9 Å². The van der Waals surface area contributed by atoms with Crippen LogP contribution in [0, 0.1) is 0 Å². The van der Waals surface area contributed by atoms with Crippen LogP contribution in [0.25, 0.3) is 0 Å². The van der Waals surface area contributed by atoms with Crippen molar-refractivity contribution in [2.45, 2.75) is 37.8 Å². The summed E-state index contributed by atoms with van der Waals surface area (Å²) in [5, 5.41) is 20.7. The third-order valence-corrected chi connectivity index (χ3v) is 9.36. The van der Waals surface area contributed by atoms with Crippen LogP contribution in [0.2, 0.25) is 0 Å². The first-order valence-electron chi connectivity index (χ1n) is 15.4. The standard InChI is InChI=1S/C37H42N2O6/c1-38-14-13-26-20-35(43-4)37(22-29(26)30(38)16-23-6-9-27(40)10-7-23)45-33-18-24(8-11-32(33)41)17-31-28-21-36(44-5)34(42-3)19-25(28)12-15-39(31)2/h6-11,18-22,30-31,40-41H,12-17H2,1-5H3/t30-,31?/m0/s1. The van der Waals surface area contributed by atoms with Gasteiger partial charge in [-0.1, -0.05) is 18.2 Å². The van der Waals surface area contributed by atoms with Gasteiger partial charge < -0.3 is 29.2 Å². The topological polar surface area (TPSA) is 83.9 Å². The van der Waals surface area contributed by atoms with Crippen molar-refractivity contribution in [3.63, 3.8) is 0 Å². The third kappa shape index (κ3) is 6.26. The van der Waals surface area contributed by atoms with Crippen LogP contribution in [0.5, 0.6) is 40.2 Å². The van der Waals surface area contributed by atoms with Crippen molar-refractivity contribution in [3.05, 3.63) is 100 Å². The molecular weight excluding hydrogens is 568 g/mol. The molecule has 0 radical (unpaired) electrons. The van der Waals surface area contributed by atoms with E-state index in [0.717, 1.165) is 61.4 Å². The van der Waals surface area contributed by atoms with Crippen LogP contribution in [-0.4, -0.2) is 68.5 Å². The number of methoxy groups -OCH3 is 3. The Morgan fingerprint density at radius 3 is 1.67 bits per heavy atom. The lowest BCUT2D eigenvalue weighted by molar-refractivity contribution is 0.227. The zero-order valence-electron chi connectivity index (χ0n) is 26.7. The van der Waals surface area contributed by atoms with Gasteiger partial charge in [-0.25, -0.2) is 0 Å². The fourth-order valence-corrected chi connectivity index (χ4v) is 6.72. The first-order valence-corrected chi connectivity index (χ1v) is 15.4. The Balaban J connectivity index is 1.30. The first-order chi connectivity index (χ1) is 21.8. The predicted octanol–water partition coefficient (Wildman–Crippen LogP) is 6.46. The molecule has 6 rings (SSSR count). The molecule has 0 amide bonds. The van der Waals surface area contributed by atoms with Crippen LogP contribution < -0.4 is 18.9 Å². The maximum Gasteiger partial charge on any atom is 0.169 e. The number of rotatable bonds is 9. The van der Waals surface area contributed by atoms with Gasteiger partial charge in [-0.05, 0) is 122 Å². The number of benzene rings is 4. The van der Waals surface area contributed by atoms with Crippen molar-refractivity contribution < 1.29 is 29.2 Å². The zero-order chi connectivity index (χ0) is 31.7. The summed E-state index contributed by atoms with van der Waals surface area (Å²) in [6, 6.07) is 21.6. The monoisotopic (exact) mass is 610 g/mol. The van der Waals surface area contributed by atoms with Gasteiger partial charge >= 0.3 is 0 Å². The maximum atomic E-state index is 10.9. The van der Waals surface area contributed by atoms with Crippen LogP contribution in [0.4, 0.5) is 0 Å². The van der Waals surface area contributed by atoms with Gasteiger partial charge in [-0.15, -0.1) is 0 Å². The van der Waals surface area contributed by atoms with Crippen LogP contribution in [-0.2, 0) is 25.7 Å². The normalized spacial score (nSPS) is 18.2. The minimum atomic E-state index is 0.0695. The SMILES string of the molecule is COc1cc2c(cc1OC)C(Cc1ccc(O)c(Oc3cc4c(cc3OC)CCN(C)[C@H]4Cc3ccc(O)cc3)c1)N(C)CC2. The number of hydrogen-bond donors (Lipinski definition) is 2. The number of phenolic OH excluding ortho intramolecular Hbond substituents is 2. The fourth-order valence-electron chi connectivity index (χ4n) is 6.72. The summed E-state index contributed by atoms with van der Waals surface area (Å²) in [5.74, 6) is 3.38. The Morgan fingerprint density at radius 1 is 0.600 bits per heavy atom. The van der Waals surface area contributed by atoms with E-state index in [1.54, 1.807) is 39.5 Å². The van der Waals surface area contributed by atoms with Gasteiger partial charge in [0.1, 0.15) is 5.75 Å². The maximum absolute atomic E-state index is 10.9. The lowest BCUT2D eigenvalue weighted by Gasteiger charge is -2.35. The Morgan fingerprint density at radius 2 is 1.09 bits per heavy atom. The first kappa shape index (κ1) is 30.6. The van der Waals surface area contributed by atoms with Gasteiger partial charge in [0.15, 0.2) is 34.5 Å². The molecule has 0 saturated heterocycles. The van der Waals surface area contributed by atoms with Gasteiger partial charge in [0, 0.05) is 25.2 Å². The second-order valence-corrected chi connectivity index (χ2v) is 12.1. The molecule has 2 aliphatic heterocycles. The number of likely N-dealkylation sites (N-methyl/N-ethyl adjacent to an activating group) is 2. The zero-order valence-corrected chi connectivity index (χ0v) is 26.7. The second kappa shape index (κ2) is 12.9. The summed E-state index contributed by atoms with van der Waals surface area (Å²) in [6.07, 6.45) is 3.37. The quantitative estimate of drug-likeness (QED) is 0.224. The van der Waals surface area contributed by atoms with E-state index in [0.29, 0.717) is 17.2 Å². The predicted molar refractivity (Wildman–Crippen MR) is 174 cm³/mol. The van der Waals surface area contributed by atoms with E-state index in [1.807, 2.05) is 24.3 Å². The van der Waals surface area contributed by atoms with Gasteiger partial charge in [0.05, 0.1) is 21.3 Å². The number of nitrogens with zero attached hydrogens (tertiary/aromatic N) is 2. The highest BCUT2D eigenvalue weighted by molar-refractivity contribution is 5.54. The van der Waals surface area contributed by atoms with Gasteiger partial charge in [0.25, 0.3) is 0 Å². The Bertz CT molecular complexity index is 1670. The number of ether oxygens (including phenoxy) is 4. The van der Waals surface area contributed by atoms with Gasteiger partial charge in [-0.3, -0.25) is 9.80 Å². The van der Waals surface area contributed by atoms with E-state index in [2.05, 4.69) is 48.2 Å². The van der Waals surface area contributed by atoms with Crippen molar-refractivity contribution in [2.75, 3.05) is 48.5 Å².